The van der Waals surface area contributed by atoms with Crippen LogP contribution in [0.4, 0.5) is 17.6 Å². The summed E-state index contributed by atoms with van der Waals surface area (Å²) in [5.41, 5.74) is -0.831. The number of aromatic nitrogens is 2. The molecule has 0 radical (unpaired) electrons. The summed E-state index contributed by atoms with van der Waals surface area (Å²) < 4.78 is 69.3. The third kappa shape index (κ3) is 5.01. The molecule has 0 bridgehead atoms. The van der Waals surface area contributed by atoms with E-state index in [4.69, 9.17) is 13.7 Å². The Kier molecular flexibility index (Phi) is 6.12. The first-order chi connectivity index (χ1) is 17.7. The first kappa shape index (κ1) is 24.0. The lowest BCUT2D eigenvalue weighted by Gasteiger charge is -2.11. The van der Waals surface area contributed by atoms with Gasteiger partial charge in [-0.05, 0) is 48.0 Å². The van der Waals surface area contributed by atoms with Gasteiger partial charge in [0.05, 0.1) is 17.6 Å². The summed E-state index contributed by atoms with van der Waals surface area (Å²) in [7, 11) is 0. The third-order valence-electron chi connectivity index (χ3n) is 5.42. The number of para-hydroxylation sites is 1. The largest absolute Gasteiger partial charge is 0.508 e. The molecule has 0 atom stereocenters. The van der Waals surface area contributed by atoms with Crippen LogP contribution < -0.4 is 10.2 Å². The number of aromatic hydroxyl groups is 1. The van der Waals surface area contributed by atoms with Crippen LogP contribution in [-0.2, 0) is 12.6 Å². The van der Waals surface area contributed by atoms with Crippen molar-refractivity contribution in [2.24, 2.45) is 0 Å². The molecule has 0 amide bonds. The van der Waals surface area contributed by atoms with Gasteiger partial charge in [0.1, 0.15) is 22.7 Å². The van der Waals surface area contributed by atoms with Gasteiger partial charge >= 0.3 is 6.18 Å². The average Bonchev–Trinajstić information content (AvgIpc) is 3.33. The number of nitrogens with zero attached hydrogens (tertiary/aromatic N) is 2. The number of benzene rings is 3. The van der Waals surface area contributed by atoms with E-state index in [1.54, 1.807) is 36.4 Å². The van der Waals surface area contributed by atoms with E-state index in [-0.39, 0.29) is 53.0 Å². The van der Waals surface area contributed by atoms with Gasteiger partial charge in [-0.25, -0.2) is 4.39 Å². The van der Waals surface area contributed by atoms with Gasteiger partial charge in [-0.3, -0.25) is 4.79 Å². The number of alkyl halides is 3. The van der Waals surface area contributed by atoms with Gasteiger partial charge in [-0.2, -0.15) is 18.2 Å². The number of phenolic OH excluding ortho intramolecular Hbond substituents is 1. The van der Waals surface area contributed by atoms with Gasteiger partial charge in [0.2, 0.25) is 5.43 Å². The molecule has 0 aliphatic rings. The van der Waals surface area contributed by atoms with Crippen LogP contribution in [-0.4, -0.2) is 21.9 Å². The number of fused-ring (bicyclic) bond motifs is 1. The van der Waals surface area contributed by atoms with Crippen molar-refractivity contribution in [3.63, 3.8) is 0 Å². The molecule has 3 aromatic carbocycles. The predicted molar refractivity (Wildman–Crippen MR) is 123 cm³/mol. The van der Waals surface area contributed by atoms with Crippen LogP contribution >= 0.6 is 0 Å². The molecule has 5 rings (SSSR count). The zero-order chi connectivity index (χ0) is 26.2. The summed E-state index contributed by atoms with van der Waals surface area (Å²) >= 11 is 0. The van der Waals surface area contributed by atoms with Crippen molar-refractivity contribution in [2.45, 2.75) is 12.6 Å². The second-order valence-corrected chi connectivity index (χ2v) is 7.98. The zero-order valence-electron chi connectivity index (χ0n) is 18.8. The molecular weight excluding hydrogens is 496 g/mol. The van der Waals surface area contributed by atoms with E-state index in [9.17, 15) is 27.5 Å². The molecule has 0 saturated heterocycles. The lowest BCUT2D eigenvalue weighted by Crippen LogP contribution is -2.10. The quantitative estimate of drug-likeness (QED) is 0.279. The molecule has 0 unspecified atom stereocenters. The van der Waals surface area contributed by atoms with Gasteiger partial charge in [0, 0.05) is 12.0 Å². The number of rotatable bonds is 6. The Hall–Kier alpha value is -4.67. The van der Waals surface area contributed by atoms with Crippen molar-refractivity contribution in [3.8, 4) is 34.3 Å². The standard InChI is InChI=1S/C26H16F4N2O5/c27-17-12-15(11-16(13-17)26(28,29)30)24-31-21(32-37-24)9-10-35-25-22(14-5-7-18(33)8-6-14)23(34)19-3-1-2-4-20(19)36-25/h1-8,11-13,33H,9-10H2. The molecule has 5 aromatic rings. The second-order valence-electron chi connectivity index (χ2n) is 7.98. The first-order valence-corrected chi connectivity index (χ1v) is 10.9. The fraction of sp³-hybridized carbons (Fsp3) is 0.115. The molecule has 7 nitrogen and oxygen atoms in total. The van der Waals surface area contributed by atoms with E-state index in [0.717, 1.165) is 6.07 Å². The second kappa shape index (κ2) is 9.41. The van der Waals surface area contributed by atoms with Crippen LogP contribution in [0.25, 0.3) is 33.6 Å². The summed E-state index contributed by atoms with van der Waals surface area (Å²) in [6.07, 6.45) is -4.71. The van der Waals surface area contributed by atoms with Crippen molar-refractivity contribution in [1.82, 2.24) is 10.1 Å². The number of phenols is 1. The minimum absolute atomic E-state index is 0.0185. The van der Waals surface area contributed by atoms with E-state index < -0.39 is 17.6 Å². The Bertz CT molecular complexity index is 1640. The lowest BCUT2D eigenvalue weighted by atomic mass is 10.0. The summed E-state index contributed by atoms with van der Waals surface area (Å²) in [6, 6.07) is 14.5. The Labute approximate surface area is 205 Å². The van der Waals surface area contributed by atoms with Crippen molar-refractivity contribution >= 4 is 11.0 Å². The number of hydrogen-bond donors (Lipinski definition) is 1. The van der Waals surface area contributed by atoms with Crippen molar-refractivity contribution in [3.05, 3.63) is 94.2 Å². The van der Waals surface area contributed by atoms with Gasteiger partial charge in [-0.1, -0.05) is 29.4 Å². The minimum atomic E-state index is -4.74. The Balaban J connectivity index is 1.40. The maximum Gasteiger partial charge on any atom is 0.416 e. The molecule has 188 valence electrons. The maximum atomic E-state index is 13.7. The van der Waals surface area contributed by atoms with E-state index >= 15 is 0 Å². The number of hydrogen-bond acceptors (Lipinski definition) is 7. The molecule has 2 aromatic heterocycles. The molecule has 0 aliphatic heterocycles. The molecule has 11 heteroatoms. The van der Waals surface area contributed by atoms with Gasteiger partial charge in [0.15, 0.2) is 5.82 Å². The highest BCUT2D eigenvalue weighted by atomic mass is 19.4. The van der Waals surface area contributed by atoms with E-state index in [1.165, 1.54) is 12.1 Å². The fourth-order valence-electron chi connectivity index (χ4n) is 3.68. The molecule has 1 N–H and O–H groups in total. The third-order valence-corrected chi connectivity index (χ3v) is 5.42. The summed E-state index contributed by atoms with van der Waals surface area (Å²) in [5.74, 6) is -1.35. The number of halogens is 4. The van der Waals surface area contributed by atoms with Crippen LogP contribution in [0, 0.1) is 5.82 Å². The van der Waals surface area contributed by atoms with E-state index in [1.807, 2.05) is 0 Å². The highest BCUT2D eigenvalue weighted by Gasteiger charge is 2.32. The van der Waals surface area contributed by atoms with Crippen LogP contribution in [0.5, 0.6) is 11.7 Å². The first-order valence-electron chi connectivity index (χ1n) is 10.9. The van der Waals surface area contributed by atoms with Gasteiger partial charge < -0.3 is 18.8 Å². The molecule has 2 heterocycles. The monoisotopic (exact) mass is 512 g/mol. The zero-order valence-corrected chi connectivity index (χ0v) is 18.8. The summed E-state index contributed by atoms with van der Waals surface area (Å²) in [6.45, 7) is -0.0811. The Morgan fingerprint density at radius 1 is 0.973 bits per heavy atom. The number of ether oxygens (including phenoxy) is 1. The Morgan fingerprint density at radius 2 is 1.73 bits per heavy atom. The highest BCUT2D eigenvalue weighted by Crippen LogP contribution is 2.33. The summed E-state index contributed by atoms with van der Waals surface area (Å²) in [5, 5.41) is 13.7. The average molecular weight is 512 g/mol. The highest BCUT2D eigenvalue weighted by molar-refractivity contribution is 5.84. The molecule has 37 heavy (non-hydrogen) atoms. The van der Waals surface area contributed by atoms with Gasteiger partial charge in [0.25, 0.3) is 11.8 Å². The van der Waals surface area contributed by atoms with Gasteiger partial charge in [-0.15, -0.1) is 0 Å². The van der Waals surface area contributed by atoms with E-state index in [2.05, 4.69) is 10.1 Å². The molecule has 0 fully saturated rings. The molecular formula is C26H16F4N2O5. The molecule has 0 saturated carbocycles. The normalized spacial score (nSPS) is 11.7. The van der Waals surface area contributed by atoms with Crippen LogP contribution in [0.3, 0.4) is 0 Å². The minimum Gasteiger partial charge on any atom is -0.508 e. The smallest absolute Gasteiger partial charge is 0.416 e. The van der Waals surface area contributed by atoms with Crippen molar-refractivity contribution < 1.29 is 36.3 Å². The molecule has 0 aliphatic carbocycles. The van der Waals surface area contributed by atoms with Crippen LogP contribution in [0.2, 0.25) is 0 Å². The van der Waals surface area contributed by atoms with E-state index in [0.29, 0.717) is 28.7 Å². The van der Waals surface area contributed by atoms with Crippen LogP contribution in [0.15, 0.2) is 80.5 Å². The lowest BCUT2D eigenvalue weighted by molar-refractivity contribution is -0.137. The van der Waals surface area contributed by atoms with Crippen molar-refractivity contribution in [1.29, 1.82) is 0 Å². The summed E-state index contributed by atoms with van der Waals surface area (Å²) in [4.78, 5) is 17.2. The predicted octanol–water partition coefficient (Wildman–Crippen LogP) is 6.00. The van der Waals surface area contributed by atoms with Crippen molar-refractivity contribution in [2.75, 3.05) is 6.61 Å². The maximum absolute atomic E-state index is 13.7. The topological polar surface area (TPSA) is 98.6 Å². The van der Waals surface area contributed by atoms with Crippen LogP contribution in [0.1, 0.15) is 11.4 Å². The SMILES string of the molecule is O=c1c(-c2ccc(O)cc2)c(OCCc2noc(-c3cc(F)cc(C(F)(F)F)c3)n2)oc2ccccc12. The molecule has 0 spiro atoms. The Morgan fingerprint density at radius 3 is 2.49 bits per heavy atom. The fourth-order valence-corrected chi connectivity index (χ4v) is 3.68.